The van der Waals surface area contributed by atoms with E-state index < -0.39 is 0 Å². The van der Waals surface area contributed by atoms with Gasteiger partial charge in [0.1, 0.15) is 5.69 Å². The fourth-order valence-corrected chi connectivity index (χ4v) is 1.75. The van der Waals surface area contributed by atoms with Gasteiger partial charge in [0.15, 0.2) is 5.82 Å². The van der Waals surface area contributed by atoms with E-state index in [2.05, 4.69) is 27.5 Å². The molecule has 0 radical (unpaired) electrons. The molecule has 15 heavy (non-hydrogen) atoms. The Morgan fingerprint density at radius 3 is 3.13 bits per heavy atom. The summed E-state index contributed by atoms with van der Waals surface area (Å²) in [6, 6.07) is 0.286. The lowest BCUT2D eigenvalue weighted by atomic mass is 10.1. The first kappa shape index (κ1) is 9.82. The molecule has 82 valence electrons. The summed E-state index contributed by atoms with van der Waals surface area (Å²) in [4.78, 5) is 18.0. The highest BCUT2D eigenvalue weighted by atomic mass is 16.1. The number of nitrogens with one attached hydrogen (secondary N) is 3. The summed E-state index contributed by atoms with van der Waals surface area (Å²) in [5.41, 5.74) is 5.72. The molecule has 1 aromatic rings. The number of hydrogen-bond donors (Lipinski definition) is 4. The second-order valence-corrected chi connectivity index (χ2v) is 3.69. The molecule has 0 fully saturated rings. The molecule has 2 rings (SSSR count). The van der Waals surface area contributed by atoms with Crippen LogP contribution in [-0.2, 0) is 0 Å². The van der Waals surface area contributed by atoms with Crippen LogP contribution in [0.2, 0.25) is 0 Å². The number of fused-ring (bicyclic) bond motifs is 1. The minimum absolute atomic E-state index is 0.141. The van der Waals surface area contributed by atoms with Crippen molar-refractivity contribution in [1.29, 1.82) is 0 Å². The Balaban J connectivity index is 2.29. The predicted molar refractivity (Wildman–Crippen MR) is 60.1 cm³/mol. The molecule has 0 bridgehead atoms. The Bertz CT molecular complexity index is 413. The van der Waals surface area contributed by atoms with Gasteiger partial charge in [-0.05, 0) is 6.42 Å². The number of H-pyrrole nitrogens is 1. The number of nitrogens with zero attached hydrogens (tertiary/aromatic N) is 1. The third kappa shape index (κ3) is 1.88. The molecule has 0 saturated carbocycles. The zero-order valence-corrected chi connectivity index (χ0v) is 8.63. The van der Waals surface area contributed by atoms with Gasteiger partial charge in [-0.15, -0.1) is 0 Å². The number of aromatic nitrogens is 2. The van der Waals surface area contributed by atoms with Crippen molar-refractivity contribution >= 4 is 17.5 Å². The van der Waals surface area contributed by atoms with E-state index in [-0.39, 0.29) is 17.5 Å². The number of rotatable bonds is 2. The summed E-state index contributed by atoms with van der Waals surface area (Å²) in [6.45, 7) is 2.89. The average Bonchev–Trinajstić information content (AvgIpc) is 2.19. The molecule has 0 saturated heterocycles. The van der Waals surface area contributed by atoms with Gasteiger partial charge in [-0.2, -0.15) is 4.98 Å². The summed E-state index contributed by atoms with van der Waals surface area (Å²) >= 11 is 0. The molecule has 1 atom stereocenters. The highest BCUT2D eigenvalue weighted by Crippen LogP contribution is 2.21. The Hall–Kier alpha value is -1.72. The Morgan fingerprint density at radius 2 is 2.40 bits per heavy atom. The van der Waals surface area contributed by atoms with Crippen LogP contribution in [0.5, 0.6) is 0 Å². The molecule has 1 aliphatic heterocycles. The quantitative estimate of drug-likeness (QED) is 0.564. The third-order valence-corrected chi connectivity index (χ3v) is 2.44. The standard InChI is InChI=1S/C9H15N5O/c1-2-3-5-4-11-7-6(12-5)8(15)14-9(10)13-7/h5,12H,2-4H2,1H3,(H4,10,11,13,14,15)/t5-/m0/s1. The van der Waals surface area contributed by atoms with Crippen molar-refractivity contribution in [3.8, 4) is 0 Å². The smallest absolute Gasteiger partial charge is 0.277 e. The highest BCUT2D eigenvalue weighted by molar-refractivity contribution is 5.67. The average molecular weight is 209 g/mol. The van der Waals surface area contributed by atoms with Crippen molar-refractivity contribution in [3.05, 3.63) is 10.4 Å². The van der Waals surface area contributed by atoms with E-state index in [4.69, 9.17) is 5.73 Å². The number of nitrogen functional groups attached to an aromatic ring is 1. The van der Waals surface area contributed by atoms with E-state index in [1.54, 1.807) is 0 Å². The summed E-state index contributed by atoms with van der Waals surface area (Å²) in [7, 11) is 0. The zero-order chi connectivity index (χ0) is 10.8. The van der Waals surface area contributed by atoms with Crippen LogP contribution < -0.4 is 21.9 Å². The van der Waals surface area contributed by atoms with Gasteiger partial charge in [0, 0.05) is 12.6 Å². The maximum absolute atomic E-state index is 11.6. The molecule has 5 N–H and O–H groups in total. The second-order valence-electron chi connectivity index (χ2n) is 3.69. The minimum atomic E-state index is -0.217. The first-order chi connectivity index (χ1) is 7.20. The van der Waals surface area contributed by atoms with E-state index in [1.165, 1.54) is 0 Å². The zero-order valence-electron chi connectivity index (χ0n) is 8.63. The van der Waals surface area contributed by atoms with Crippen LogP contribution in [0.4, 0.5) is 17.5 Å². The number of hydrogen-bond acceptors (Lipinski definition) is 5. The maximum Gasteiger partial charge on any atom is 0.277 e. The van der Waals surface area contributed by atoms with Crippen LogP contribution in [0.3, 0.4) is 0 Å². The van der Waals surface area contributed by atoms with Gasteiger partial charge in [-0.25, -0.2) is 0 Å². The Morgan fingerprint density at radius 1 is 1.60 bits per heavy atom. The molecule has 0 spiro atoms. The van der Waals surface area contributed by atoms with Crippen LogP contribution in [0.1, 0.15) is 19.8 Å². The lowest BCUT2D eigenvalue weighted by Gasteiger charge is -2.26. The Labute approximate surface area is 87.3 Å². The first-order valence-electron chi connectivity index (χ1n) is 5.11. The van der Waals surface area contributed by atoms with E-state index in [9.17, 15) is 4.79 Å². The van der Waals surface area contributed by atoms with Crippen LogP contribution in [0, 0.1) is 0 Å². The topological polar surface area (TPSA) is 95.8 Å². The van der Waals surface area contributed by atoms with Gasteiger partial charge < -0.3 is 16.4 Å². The van der Waals surface area contributed by atoms with Gasteiger partial charge in [0.25, 0.3) is 5.56 Å². The Kier molecular flexibility index (Phi) is 2.49. The molecular formula is C9H15N5O. The van der Waals surface area contributed by atoms with Crippen LogP contribution in [-0.4, -0.2) is 22.6 Å². The second kappa shape index (κ2) is 3.80. The van der Waals surface area contributed by atoms with Gasteiger partial charge >= 0.3 is 0 Å². The molecule has 0 amide bonds. The van der Waals surface area contributed by atoms with Gasteiger partial charge in [-0.3, -0.25) is 9.78 Å². The fraction of sp³-hybridized carbons (Fsp3) is 0.556. The number of nitrogens with two attached hydrogens (primary N) is 1. The summed E-state index contributed by atoms with van der Waals surface area (Å²) in [6.07, 6.45) is 2.10. The molecule has 0 unspecified atom stereocenters. The van der Waals surface area contributed by atoms with Crippen LogP contribution in [0.25, 0.3) is 0 Å². The number of anilines is 3. The summed E-state index contributed by atoms with van der Waals surface area (Å²) < 4.78 is 0. The molecular weight excluding hydrogens is 194 g/mol. The maximum atomic E-state index is 11.6. The predicted octanol–water partition coefficient (Wildman–Crippen LogP) is 0.358. The fourth-order valence-electron chi connectivity index (χ4n) is 1.75. The molecule has 1 aromatic heterocycles. The summed E-state index contributed by atoms with van der Waals surface area (Å²) in [5, 5.41) is 6.27. The van der Waals surface area contributed by atoms with Gasteiger partial charge in [-0.1, -0.05) is 13.3 Å². The molecule has 6 heteroatoms. The number of aromatic amines is 1. The molecule has 0 aliphatic carbocycles. The monoisotopic (exact) mass is 209 g/mol. The van der Waals surface area contributed by atoms with Gasteiger partial charge in [0.2, 0.25) is 5.95 Å². The van der Waals surface area contributed by atoms with E-state index in [0.29, 0.717) is 11.5 Å². The normalized spacial score (nSPS) is 18.9. The van der Waals surface area contributed by atoms with Crippen LogP contribution >= 0.6 is 0 Å². The third-order valence-electron chi connectivity index (χ3n) is 2.44. The minimum Gasteiger partial charge on any atom is -0.373 e. The lowest BCUT2D eigenvalue weighted by Crippen LogP contribution is -2.37. The van der Waals surface area contributed by atoms with Crippen molar-refractivity contribution in [3.63, 3.8) is 0 Å². The van der Waals surface area contributed by atoms with Gasteiger partial charge in [0.05, 0.1) is 0 Å². The highest BCUT2D eigenvalue weighted by Gasteiger charge is 2.20. The largest absolute Gasteiger partial charge is 0.373 e. The van der Waals surface area contributed by atoms with Crippen molar-refractivity contribution in [2.75, 3.05) is 22.9 Å². The SMILES string of the molecule is CCC[C@H]1CNc2nc(N)[nH]c(=O)c2N1. The first-order valence-corrected chi connectivity index (χ1v) is 5.11. The molecule has 0 aromatic carbocycles. The lowest BCUT2D eigenvalue weighted by molar-refractivity contribution is 0.651. The van der Waals surface area contributed by atoms with Crippen molar-refractivity contribution in [2.24, 2.45) is 0 Å². The molecule has 6 nitrogen and oxygen atoms in total. The summed E-state index contributed by atoms with van der Waals surface area (Å²) in [5.74, 6) is 0.686. The van der Waals surface area contributed by atoms with E-state index in [0.717, 1.165) is 19.4 Å². The van der Waals surface area contributed by atoms with Crippen molar-refractivity contribution < 1.29 is 0 Å². The van der Waals surface area contributed by atoms with E-state index in [1.807, 2.05) is 0 Å². The molecule has 1 aliphatic rings. The van der Waals surface area contributed by atoms with Crippen molar-refractivity contribution in [1.82, 2.24) is 9.97 Å². The van der Waals surface area contributed by atoms with Crippen molar-refractivity contribution in [2.45, 2.75) is 25.8 Å². The van der Waals surface area contributed by atoms with Crippen LogP contribution in [0.15, 0.2) is 4.79 Å². The van der Waals surface area contributed by atoms with E-state index >= 15 is 0 Å². The molecule has 2 heterocycles.